The third kappa shape index (κ3) is 5.28. The van der Waals surface area contributed by atoms with Gasteiger partial charge in [0, 0.05) is 0 Å². The van der Waals surface area contributed by atoms with Crippen LogP contribution in [-0.2, 0) is 0 Å². The molecule has 0 heterocycles. The Hall–Kier alpha value is -0.995. The average molecular weight is 180 g/mol. The molecular weight excluding hydrogens is 167 g/mol. The van der Waals surface area contributed by atoms with Gasteiger partial charge in [0.15, 0.2) is 0 Å². The summed E-state index contributed by atoms with van der Waals surface area (Å²) in [5, 5.41) is 0. The Labute approximate surface area is 79.8 Å². The predicted molar refractivity (Wildman–Crippen MR) is 51.5 cm³/mol. The van der Waals surface area contributed by atoms with Crippen LogP contribution in [-0.4, -0.2) is 25.4 Å². The molecule has 4 heteroatoms. The van der Waals surface area contributed by atoms with Crippen LogP contribution in [0.25, 0.3) is 0 Å². The topological polar surface area (TPSA) is 69.2 Å². The molecule has 1 aromatic carbocycles. The number of hydrogen-bond acceptors (Lipinski definition) is 3. The standard InChI is InChI=1S/C9H11BO.2H2O/c1-2-7-11-9-5-3-8(10)4-6-9;;/h3-6H,2,7H2,1H3;2*1H2/q+2;;/p-2. The van der Waals surface area contributed by atoms with Crippen molar-refractivity contribution in [1.82, 2.24) is 0 Å². The number of ether oxygens (including phenoxy) is 1. The first-order valence-corrected chi connectivity index (χ1v) is 3.81. The van der Waals surface area contributed by atoms with Crippen LogP contribution in [0.1, 0.15) is 13.3 Å². The van der Waals surface area contributed by atoms with Crippen LogP contribution in [0.15, 0.2) is 24.3 Å². The molecule has 2 N–H and O–H groups in total. The van der Waals surface area contributed by atoms with E-state index in [1.54, 1.807) is 0 Å². The van der Waals surface area contributed by atoms with Crippen molar-refractivity contribution in [3.8, 4) is 5.75 Å². The van der Waals surface area contributed by atoms with Gasteiger partial charge in [-0.1, -0.05) is 0 Å². The monoisotopic (exact) mass is 180 g/mol. The molecule has 0 saturated carbocycles. The third-order valence-electron chi connectivity index (χ3n) is 1.35. The molecule has 0 aliphatic heterocycles. The van der Waals surface area contributed by atoms with Crippen LogP contribution in [0.4, 0.5) is 0 Å². The molecule has 0 spiro atoms. The fraction of sp³-hybridized carbons (Fsp3) is 0.333. The van der Waals surface area contributed by atoms with Crippen LogP contribution in [0.5, 0.6) is 5.75 Å². The Morgan fingerprint density at radius 1 is 1.15 bits per heavy atom. The van der Waals surface area contributed by atoms with Crippen molar-refractivity contribution in [2.24, 2.45) is 0 Å². The van der Waals surface area contributed by atoms with Gasteiger partial charge >= 0.3 is 68.0 Å². The summed E-state index contributed by atoms with van der Waals surface area (Å²) < 4.78 is 5.35. The van der Waals surface area contributed by atoms with Crippen molar-refractivity contribution in [2.45, 2.75) is 13.3 Å². The van der Waals surface area contributed by atoms with Crippen molar-refractivity contribution in [3.63, 3.8) is 0 Å². The fourth-order valence-electron chi connectivity index (χ4n) is 0.784. The Balaban J connectivity index is 0. The second kappa shape index (κ2) is 7.64. The Bertz CT molecular complexity index is 211. The molecular formula is C9H13BO3. The minimum atomic E-state index is 0. The maximum Gasteiger partial charge on any atom is -0.870 e. The van der Waals surface area contributed by atoms with E-state index in [2.05, 4.69) is 6.92 Å². The van der Waals surface area contributed by atoms with Crippen molar-refractivity contribution >= 4 is 13.3 Å². The van der Waals surface area contributed by atoms with Gasteiger partial charge in [-0.2, -0.15) is 0 Å². The molecule has 0 unspecified atom stereocenters. The van der Waals surface area contributed by atoms with Crippen molar-refractivity contribution in [3.05, 3.63) is 24.3 Å². The molecule has 0 radical (unpaired) electrons. The summed E-state index contributed by atoms with van der Waals surface area (Å²) >= 11 is 0. The Morgan fingerprint density at radius 2 is 1.69 bits per heavy atom. The molecule has 1 rings (SSSR count). The summed E-state index contributed by atoms with van der Waals surface area (Å²) in [6, 6.07) is 7.44. The fourth-order valence-corrected chi connectivity index (χ4v) is 0.784. The first-order valence-electron chi connectivity index (χ1n) is 3.81. The van der Waals surface area contributed by atoms with E-state index in [9.17, 15) is 0 Å². The van der Waals surface area contributed by atoms with Gasteiger partial charge in [-0.3, -0.25) is 0 Å². The van der Waals surface area contributed by atoms with E-state index in [1.807, 2.05) is 24.3 Å². The van der Waals surface area contributed by atoms with Gasteiger partial charge in [-0.05, 0) is 0 Å². The summed E-state index contributed by atoms with van der Waals surface area (Å²) in [4.78, 5) is 0. The molecule has 3 nitrogen and oxygen atoms in total. The van der Waals surface area contributed by atoms with Crippen molar-refractivity contribution in [1.29, 1.82) is 0 Å². The van der Waals surface area contributed by atoms with E-state index in [4.69, 9.17) is 12.6 Å². The van der Waals surface area contributed by atoms with E-state index in [-0.39, 0.29) is 11.0 Å². The molecule has 0 aromatic heterocycles. The average Bonchev–Trinajstić information content (AvgIpc) is 2.04. The molecule has 1 aromatic rings. The number of benzene rings is 1. The Morgan fingerprint density at radius 3 is 2.15 bits per heavy atom. The van der Waals surface area contributed by atoms with E-state index in [1.165, 1.54) is 0 Å². The maximum atomic E-state index is 5.50. The van der Waals surface area contributed by atoms with Crippen LogP contribution >= 0.6 is 0 Å². The Kier molecular flexibility index (Phi) is 8.54. The molecule has 0 amide bonds. The maximum absolute atomic E-state index is 5.50. The zero-order valence-corrected chi connectivity index (χ0v) is 7.60. The molecule has 0 fully saturated rings. The summed E-state index contributed by atoms with van der Waals surface area (Å²) in [6.07, 6.45) is 1.03. The largest absolute Gasteiger partial charge is 0.870 e. The molecule has 70 valence electrons. The van der Waals surface area contributed by atoms with Gasteiger partial charge in [0.2, 0.25) is 0 Å². The zero-order chi connectivity index (χ0) is 8.10. The van der Waals surface area contributed by atoms with Crippen LogP contribution in [0, 0.1) is 0 Å². The van der Waals surface area contributed by atoms with Gasteiger partial charge in [0.25, 0.3) is 0 Å². The first kappa shape index (κ1) is 14.5. The van der Waals surface area contributed by atoms with E-state index in [0.717, 1.165) is 24.2 Å². The van der Waals surface area contributed by atoms with Gasteiger partial charge in [-0.15, -0.1) is 0 Å². The van der Waals surface area contributed by atoms with E-state index < -0.39 is 0 Å². The predicted octanol–water partition coefficient (Wildman–Crippen LogP) is 0.916. The smallest absolute Gasteiger partial charge is 0.870 e. The second-order valence-corrected chi connectivity index (χ2v) is 2.42. The normalized spacial score (nSPS) is 8.23. The van der Waals surface area contributed by atoms with Gasteiger partial charge in [0.1, 0.15) is 0 Å². The van der Waals surface area contributed by atoms with Crippen LogP contribution < -0.4 is 10.2 Å². The quantitative estimate of drug-likeness (QED) is 0.649. The number of rotatable bonds is 3. The van der Waals surface area contributed by atoms with Crippen LogP contribution in [0.3, 0.4) is 0 Å². The minimum absolute atomic E-state index is 0. The van der Waals surface area contributed by atoms with Crippen LogP contribution in [0.2, 0.25) is 0 Å². The summed E-state index contributed by atoms with van der Waals surface area (Å²) in [6.45, 7) is 2.85. The van der Waals surface area contributed by atoms with E-state index in [0.29, 0.717) is 0 Å². The first-order chi connectivity index (χ1) is 5.33. The van der Waals surface area contributed by atoms with Crippen molar-refractivity contribution < 1.29 is 15.7 Å². The summed E-state index contributed by atoms with van der Waals surface area (Å²) in [7, 11) is 5.50. The van der Waals surface area contributed by atoms with Gasteiger partial charge < -0.3 is 11.0 Å². The van der Waals surface area contributed by atoms with E-state index >= 15 is 0 Å². The molecule has 0 aliphatic rings. The van der Waals surface area contributed by atoms with Gasteiger partial charge in [0.05, 0.1) is 0 Å². The molecule has 0 atom stereocenters. The summed E-state index contributed by atoms with van der Waals surface area (Å²) in [5.74, 6) is 0.890. The molecule has 0 bridgehead atoms. The second-order valence-electron chi connectivity index (χ2n) is 2.42. The molecule has 13 heavy (non-hydrogen) atoms. The zero-order valence-electron chi connectivity index (χ0n) is 7.60. The number of hydrogen-bond donors (Lipinski definition) is 0. The molecule has 0 aliphatic carbocycles. The summed E-state index contributed by atoms with van der Waals surface area (Å²) in [5.41, 5.74) is 0.772. The third-order valence-corrected chi connectivity index (χ3v) is 1.35. The SMILES string of the molecule is [B+2]c1ccc(OCCC)cc1.[OH-].[OH-]. The van der Waals surface area contributed by atoms with Gasteiger partial charge in [-0.25, -0.2) is 0 Å². The minimum Gasteiger partial charge on any atom is -0.870 e. The van der Waals surface area contributed by atoms with Crippen molar-refractivity contribution in [2.75, 3.05) is 6.61 Å². The molecule has 0 saturated heterocycles.